The molecule has 1 aromatic heterocycles. The van der Waals surface area contributed by atoms with Crippen molar-refractivity contribution in [1.29, 1.82) is 0 Å². The third-order valence-corrected chi connectivity index (χ3v) is 3.10. The van der Waals surface area contributed by atoms with E-state index in [1.165, 1.54) is 18.5 Å². The van der Waals surface area contributed by atoms with E-state index < -0.39 is 0 Å². The molecule has 3 nitrogen and oxygen atoms in total. The summed E-state index contributed by atoms with van der Waals surface area (Å²) in [5, 5.41) is 6.73. The Hall–Kier alpha value is -0.450. The molecule has 0 saturated heterocycles. The first-order valence-corrected chi connectivity index (χ1v) is 6.52. The Morgan fingerprint density at radius 2 is 2.20 bits per heavy atom. The smallest absolute Gasteiger partial charge is 0.0897 e. The maximum atomic E-state index is 5.42. The second-order valence-corrected chi connectivity index (χ2v) is 4.77. The lowest BCUT2D eigenvalue weighted by Crippen LogP contribution is -2.18. The summed E-state index contributed by atoms with van der Waals surface area (Å²) in [4.78, 5) is 4.42. The summed E-state index contributed by atoms with van der Waals surface area (Å²) >= 11 is 1.73. The van der Waals surface area contributed by atoms with Crippen LogP contribution in [0.1, 0.15) is 30.0 Å². The van der Waals surface area contributed by atoms with Gasteiger partial charge in [0.05, 0.1) is 10.7 Å². The summed E-state index contributed by atoms with van der Waals surface area (Å²) in [5.74, 6) is 0. The molecular weight excluding hydrogens is 206 g/mol. The zero-order chi connectivity index (χ0) is 10.9. The van der Waals surface area contributed by atoms with Crippen LogP contribution in [0, 0.1) is 6.92 Å². The van der Waals surface area contributed by atoms with Gasteiger partial charge in [-0.05, 0) is 32.9 Å². The van der Waals surface area contributed by atoms with Crippen molar-refractivity contribution in [1.82, 2.24) is 10.3 Å². The van der Waals surface area contributed by atoms with Crippen molar-refractivity contribution in [3.05, 3.63) is 16.1 Å². The summed E-state index contributed by atoms with van der Waals surface area (Å²) in [6.07, 6.45) is 4.65. The Kier molecular flexibility index (Phi) is 6.55. The van der Waals surface area contributed by atoms with E-state index in [0.29, 0.717) is 0 Å². The SMILES string of the molecule is Cc1nc(CCNCCCCCN)cs1. The number of thiazole rings is 1. The molecule has 0 amide bonds. The quantitative estimate of drug-likeness (QED) is 0.665. The van der Waals surface area contributed by atoms with Gasteiger partial charge >= 0.3 is 0 Å². The zero-order valence-corrected chi connectivity index (χ0v) is 10.3. The normalized spacial score (nSPS) is 10.8. The number of aromatic nitrogens is 1. The number of hydrogen-bond acceptors (Lipinski definition) is 4. The standard InChI is InChI=1S/C11H21N3S/c1-10-14-11(9-15-10)5-8-13-7-4-2-3-6-12/h9,13H,2-8,12H2,1H3. The van der Waals surface area contributed by atoms with Gasteiger partial charge in [0, 0.05) is 18.3 Å². The molecule has 4 heteroatoms. The lowest BCUT2D eigenvalue weighted by atomic mass is 10.2. The highest BCUT2D eigenvalue weighted by molar-refractivity contribution is 7.09. The number of rotatable bonds is 8. The summed E-state index contributed by atoms with van der Waals surface area (Å²) in [5.41, 5.74) is 6.63. The number of nitrogens with zero attached hydrogens (tertiary/aromatic N) is 1. The Bertz CT molecular complexity index is 260. The van der Waals surface area contributed by atoms with Crippen LogP contribution < -0.4 is 11.1 Å². The van der Waals surface area contributed by atoms with E-state index in [9.17, 15) is 0 Å². The second kappa shape index (κ2) is 7.79. The molecule has 0 atom stereocenters. The second-order valence-electron chi connectivity index (χ2n) is 3.71. The minimum atomic E-state index is 0.818. The topological polar surface area (TPSA) is 50.9 Å². The molecule has 0 aliphatic heterocycles. The zero-order valence-electron chi connectivity index (χ0n) is 9.46. The van der Waals surface area contributed by atoms with Crippen molar-refractivity contribution in [2.45, 2.75) is 32.6 Å². The minimum absolute atomic E-state index is 0.818. The largest absolute Gasteiger partial charge is 0.330 e. The molecule has 15 heavy (non-hydrogen) atoms. The highest BCUT2D eigenvalue weighted by Crippen LogP contribution is 2.07. The van der Waals surface area contributed by atoms with Gasteiger partial charge in [0.2, 0.25) is 0 Å². The average Bonchev–Trinajstić information content (AvgIpc) is 2.63. The third kappa shape index (κ3) is 5.87. The Labute approximate surface area is 96.1 Å². The van der Waals surface area contributed by atoms with Crippen LogP contribution >= 0.6 is 11.3 Å². The molecular formula is C11H21N3S. The molecule has 0 unspecified atom stereocenters. The molecule has 3 N–H and O–H groups in total. The molecule has 0 radical (unpaired) electrons. The highest BCUT2D eigenvalue weighted by Gasteiger charge is 1.97. The average molecular weight is 227 g/mol. The van der Waals surface area contributed by atoms with Crippen molar-refractivity contribution in [3.63, 3.8) is 0 Å². The van der Waals surface area contributed by atoms with E-state index in [2.05, 4.69) is 22.6 Å². The fourth-order valence-corrected chi connectivity index (χ4v) is 2.08. The third-order valence-electron chi connectivity index (χ3n) is 2.28. The minimum Gasteiger partial charge on any atom is -0.330 e. The van der Waals surface area contributed by atoms with Gasteiger partial charge in [-0.2, -0.15) is 0 Å². The number of hydrogen-bond donors (Lipinski definition) is 2. The van der Waals surface area contributed by atoms with Gasteiger partial charge in [-0.25, -0.2) is 4.98 Å². The Balaban J connectivity index is 1.93. The first-order chi connectivity index (χ1) is 7.33. The van der Waals surface area contributed by atoms with Crippen LogP contribution in [0.25, 0.3) is 0 Å². The van der Waals surface area contributed by atoms with Crippen LogP contribution in [-0.4, -0.2) is 24.6 Å². The molecule has 0 bridgehead atoms. The Morgan fingerprint density at radius 3 is 2.87 bits per heavy atom. The van der Waals surface area contributed by atoms with Crippen molar-refractivity contribution in [2.75, 3.05) is 19.6 Å². The van der Waals surface area contributed by atoms with Crippen molar-refractivity contribution < 1.29 is 0 Å². The van der Waals surface area contributed by atoms with Gasteiger partial charge in [0.1, 0.15) is 0 Å². The lowest BCUT2D eigenvalue weighted by Gasteiger charge is -2.02. The van der Waals surface area contributed by atoms with Gasteiger partial charge < -0.3 is 11.1 Å². The predicted octanol–water partition coefficient (Wildman–Crippen LogP) is 1.71. The summed E-state index contributed by atoms with van der Waals surface area (Å²) in [6.45, 7) is 5.00. The van der Waals surface area contributed by atoms with E-state index in [0.717, 1.165) is 37.5 Å². The number of aryl methyl sites for hydroxylation is 1. The van der Waals surface area contributed by atoms with Gasteiger partial charge in [-0.3, -0.25) is 0 Å². The molecule has 0 aliphatic carbocycles. The van der Waals surface area contributed by atoms with E-state index in [-0.39, 0.29) is 0 Å². The maximum absolute atomic E-state index is 5.42. The van der Waals surface area contributed by atoms with E-state index >= 15 is 0 Å². The highest BCUT2D eigenvalue weighted by atomic mass is 32.1. The first-order valence-electron chi connectivity index (χ1n) is 5.64. The van der Waals surface area contributed by atoms with Gasteiger partial charge in [-0.15, -0.1) is 11.3 Å². The number of nitrogens with two attached hydrogens (primary N) is 1. The van der Waals surface area contributed by atoms with E-state index in [4.69, 9.17) is 5.73 Å². The summed E-state index contributed by atoms with van der Waals surface area (Å²) in [7, 11) is 0. The van der Waals surface area contributed by atoms with Crippen LogP contribution in [0.5, 0.6) is 0 Å². The van der Waals surface area contributed by atoms with Crippen molar-refractivity contribution >= 4 is 11.3 Å². The van der Waals surface area contributed by atoms with Crippen LogP contribution in [-0.2, 0) is 6.42 Å². The molecule has 0 aromatic carbocycles. The molecule has 0 saturated carbocycles. The first kappa shape index (κ1) is 12.6. The maximum Gasteiger partial charge on any atom is 0.0897 e. The van der Waals surface area contributed by atoms with Crippen LogP contribution in [0.15, 0.2) is 5.38 Å². The van der Waals surface area contributed by atoms with E-state index in [1.807, 2.05) is 0 Å². The van der Waals surface area contributed by atoms with Crippen LogP contribution in [0.4, 0.5) is 0 Å². The predicted molar refractivity (Wildman–Crippen MR) is 66.3 cm³/mol. The molecule has 1 aromatic rings. The van der Waals surface area contributed by atoms with E-state index in [1.54, 1.807) is 11.3 Å². The van der Waals surface area contributed by atoms with Gasteiger partial charge in [-0.1, -0.05) is 6.42 Å². The fraction of sp³-hybridized carbons (Fsp3) is 0.727. The molecule has 0 spiro atoms. The molecule has 0 aliphatic rings. The monoisotopic (exact) mass is 227 g/mol. The molecule has 0 fully saturated rings. The lowest BCUT2D eigenvalue weighted by molar-refractivity contribution is 0.605. The van der Waals surface area contributed by atoms with Crippen LogP contribution in [0.2, 0.25) is 0 Å². The summed E-state index contributed by atoms with van der Waals surface area (Å²) < 4.78 is 0. The van der Waals surface area contributed by atoms with Gasteiger partial charge in [0.25, 0.3) is 0 Å². The molecule has 1 heterocycles. The Morgan fingerprint density at radius 1 is 1.33 bits per heavy atom. The number of unbranched alkanes of at least 4 members (excludes halogenated alkanes) is 2. The van der Waals surface area contributed by atoms with Crippen molar-refractivity contribution in [3.8, 4) is 0 Å². The fourth-order valence-electron chi connectivity index (χ4n) is 1.44. The van der Waals surface area contributed by atoms with Crippen LogP contribution in [0.3, 0.4) is 0 Å². The summed E-state index contributed by atoms with van der Waals surface area (Å²) in [6, 6.07) is 0. The number of nitrogens with one attached hydrogen (secondary N) is 1. The van der Waals surface area contributed by atoms with Crippen molar-refractivity contribution in [2.24, 2.45) is 5.73 Å². The molecule has 1 rings (SSSR count). The molecule has 86 valence electrons. The van der Waals surface area contributed by atoms with Gasteiger partial charge in [0.15, 0.2) is 0 Å².